The summed E-state index contributed by atoms with van der Waals surface area (Å²) >= 11 is 0. The third-order valence-electron chi connectivity index (χ3n) is 5.37. The number of hydrogen-bond acceptors (Lipinski definition) is 5. The van der Waals surface area contributed by atoms with Gasteiger partial charge in [0.15, 0.2) is 0 Å². The lowest BCUT2D eigenvalue weighted by Crippen LogP contribution is -2.14. The van der Waals surface area contributed by atoms with Crippen molar-refractivity contribution in [3.8, 4) is 11.1 Å². The molecule has 3 heterocycles. The lowest BCUT2D eigenvalue weighted by atomic mass is 10.0. The van der Waals surface area contributed by atoms with E-state index in [1.807, 2.05) is 68.2 Å². The molecule has 4 aromatic rings. The lowest BCUT2D eigenvalue weighted by Gasteiger charge is -2.08. The number of fused-ring (bicyclic) bond motifs is 1. The van der Waals surface area contributed by atoms with Gasteiger partial charge < -0.3 is 5.32 Å². The van der Waals surface area contributed by atoms with Crippen molar-refractivity contribution in [2.75, 3.05) is 5.32 Å². The van der Waals surface area contributed by atoms with Crippen LogP contribution in [-0.2, 0) is 31.1 Å². The Morgan fingerprint density at radius 3 is 2.56 bits per heavy atom. The molecule has 32 heavy (non-hydrogen) atoms. The molecule has 1 aliphatic carbocycles. The zero-order valence-electron chi connectivity index (χ0n) is 17.7. The van der Waals surface area contributed by atoms with Gasteiger partial charge in [-0.3, -0.25) is 14.5 Å². The van der Waals surface area contributed by atoms with Crippen LogP contribution in [0, 0.1) is 0 Å². The van der Waals surface area contributed by atoms with Crippen LogP contribution in [0.15, 0.2) is 67.4 Å². The number of nitrogens with one attached hydrogen (secondary N) is 1. The monoisotopic (exact) mass is 422 g/mol. The molecule has 7 heteroatoms. The number of anilines is 1. The second kappa shape index (κ2) is 8.55. The largest absolute Gasteiger partial charge is 0.324 e. The molecule has 5 rings (SSSR count). The molecule has 0 saturated heterocycles. The number of benzene rings is 1. The van der Waals surface area contributed by atoms with Gasteiger partial charge in [-0.15, -0.1) is 0 Å². The summed E-state index contributed by atoms with van der Waals surface area (Å²) in [6.07, 6.45) is 15.1. The smallest absolute Gasteiger partial charge is 0.228 e. The van der Waals surface area contributed by atoms with E-state index >= 15 is 0 Å². The summed E-state index contributed by atoms with van der Waals surface area (Å²) in [5.41, 5.74) is 6.81. The van der Waals surface area contributed by atoms with E-state index in [1.54, 1.807) is 10.9 Å². The predicted octanol–water partition coefficient (Wildman–Crippen LogP) is 3.61. The van der Waals surface area contributed by atoms with Gasteiger partial charge in [0.1, 0.15) is 5.82 Å². The first-order valence-corrected chi connectivity index (χ1v) is 10.5. The number of nitrogens with zero attached hydrogens (tertiary/aromatic N) is 5. The van der Waals surface area contributed by atoms with E-state index < -0.39 is 0 Å². The Balaban J connectivity index is 1.20. The highest BCUT2D eigenvalue weighted by atomic mass is 16.1. The van der Waals surface area contributed by atoms with Crippen LogP contribution in [0.4, 0.5) is 5.69 Å². The van der Waals surface area contributed by atoms with Crippen LogP contribution >= 0.6 is 0 Å². The molecule has 0 spiro atoms. The highest BCUT2D eigenvalue weighted by Crippen LogP contribution is 2.21. The topological polar surface area (TPSA) is 85.6 Å². The zero-order chi connectivity index (χ0) is 21.9. The summed E-state index contributed by atoms with van der Waals surface area (Å²) in [5, 5.41) is 7.10. The van der Waals surface area contributed by atoms with Crippen molar-refractivity contribution in [2.24, 2.45) is 7.05 Å². The number of aromatic nitrogens is 5. The van der Waals surface area contributed by atoms with Crippen molar-refractivity contribution < 1.29 is 4.79 Å². The summed E-state index contributed by atoms with van der Waals surface area (Å²) in [6, 6.07) is 9.86. The molecule has 158 valence electrons. The molecule has 1 N–H and O–H groups in total. The van der Waals surface area contributed by atoms with Gasteiger partial charge in [0.05, 0.1) is 30.2 Å². The third-order valence-corrected chi connectivity index (χ3v) is 5.37. The van der Waals surface area contributed by atoms with E-state index in [1.165, 1.54) is 0 Å². The van der Waals surface area contributed by atoms with Crippen LogP contribution in [0.5, 0.6) is 0 Å². The van der Waals surface area contributed by atoms with Crippen LogP contribution in [0.25, 0.3) is 17.2 Å². The van der Waals surface area contributed by atoms with Gasteiger partial charge >= 0.3 is 0 Å². The standard InChI is InChI=1S/C25H22N6O/c1-31-16-18(12-29-31)9-24-27-13-21(14-28-24)19-7-5-17(6-8-19)10-25(32)30-22-11-20-3-2-4-23(20)26-15-22/h2-3,5-8,11-16H,4,9-10H2,1H3,(H,30,32). The third kappa shape index (κ3) is 4.46. The number of pyridine rings is 1. The van der Waals surface area contributed by atoms with Crippen LogP contribution in [0.3, 0.4) is 0 Å². The number of rotatable bonds is 6. The molecule has 1 aliphatic rings. The van der Waals surface area contributed by atoms with Crippen molar-refractivity contribution in [3.63, 3.8) is 0 Å². The maximum absolute atomic E-state index is 12.4. The Kier molecular flexibility index (Phi) is 5.29. The Hall–Kier alpha value is -4.13. The van der Waals surface area contributed by atoms with Crippen molar-refractivity contribution in [3.05, 3.63) is 95.6 Å². The number of hydrogen-bond donors (Lipinski definition) is 1. The summed E-state index contributed by atoms with van der Waals surface area (Å²) in [7, 11) is 1.89. The number of carbonyl (C=O) groups is 1. The van der Waals surface area contributed by atoms with Gasteiger partial charge in [-0.2, -0.15) is 5.10 Å². The average molecular weight is 422 g/mol. The number of carbonyl (C=O) groups excluding carboxylic acids is 1. The van der Waals surface area contributed by atoms with E-state index in [4.69, 9.17) is 0 Å². The minimum atomic E-state index is -0.0652. The maximum Gasteiger partial charge on any atom is 0.228 e. The summed E-state index contributed by atoms with van der Waals surface area (Å²) in [4.78, 5) is 25.8. The molecule has 1 amide bonds. The number of aryl methyl sites for hydroxylation is 1. The Labute approximate surface area is 185 Å². The molecule has 0 atom stereocenters. The normalized spacial score (nSPS) is 12.0. The van der Waals surface area contributed by atoms with Gasteiger partial charge in [-0.05, 0) is 28.3 Å². The predicted molar refractivity (Wildman–Crippen MR) is 123 cm³/mol. The minimum absolute atomic E-state index is 0.0652. The maximum atomic E-state index is 12.4. The first-order chi connectivity index (χ1) is 15.6. The molecule has 0 saturated carbocycles. The first-order valence-electron chi connectivity index (χ1n) is 10.5. The second-order valence-corrected chi connectivity index (χ2v) is 7.88. The minimum Gasteiger partial charge on any atom is -0.324 e. The van der Waals surface area contributed by atoms with Crippen LogP contribution in [0.1, 0.15) is 28.2 Å². The SMILES string of the molecule is Cn1cc(Cc2ncc(-c3ccc(CC(=O)Nc4cnc5c(c4)C=CC5)cc3)cn2)cn1. The Morgan fingerprint density at radius 2 is 1.81 bits per heavy atom. The summed E-state index contributed by atoms with van der Waals surface area (Å²) in [6.45, 7) is 0. The zero-order valence-corrected chi connectivity index (χ0v) is 17.7. The fourth-order valence-electron chi connectivity index (χ4n) is 3.74. The number of allylic oxidation sites excluding steroid dienone is 1. The molecule has 7 nitrogen and oxygen atoms in total. The molecule has 0 radical (unpaired) electrons. The van der Waals surface area contributed by atoms with Gasteiger partial charge in [0, 0.05) is 44.0 Å². The van der Waals surface area contributed by atoms with Crippen LogP contribution in [-0.4, -0.2) is 30.6 Å². The van der Waals surface area contributed by atoms with E-state index in [9.17, 15) is 4.79 Å². The molecule has 0 aliphatic heterocycles. The molecular formula is C25H22N6O. The van der Waals surface area contributed by atoms with Crippen molar-refractivity contribution in [1.29, 1.82) is 0 Å². The number of amides is 1. The molecular weight excluding hydrogens is 400 g/mol. The Bertz CT molecular complexity index is 1290. The van der Waals surface area contributed by atoms with Gasteiger partial charge in [-0.25, -0.2) is 9.97 Å². The first kappa shape index (κ1) is 19.8. The van der Waals surface area contributed by atoms with Crippen LogP contribution < -0.4 is 5.32 Å². The van der Waals surface area contributed by atoms with Gasteiger partial charge in [0.2, 0.25) is 5.91 Å². The molecule has 3 aromatic heterocycles. The molecule has 0 unspecified atom stereocenters. The van der Waals surface area contributed by atoms with Crippen LogP contribution in [0.2, 0.25) is 0 Å². The average Bonchev–Trinajstić information content (AvgIpc) is 3.43. The molecule has 1 aromatic carbocycles. The highest BCUT2D eigenvalue weighted by molar-refractivity contribution is 5.92. The van der Waals surface area contributed by atoms with Crippen molar-refractivity contribution in [2.45, 2.75) is 19.3 Å². The summed E-state index contributed by atoms with van der Waals surface area (Å²) < 4.78 is 1.77. The van der Waals surface area contributed by atoms with E-state index in [-0.39, 0.29) is 5.91 Å². The van der Waals surface area contributed by atoms with Crippen molar-refractivity contribution >= 4 is 17.7 Å². The fourth-order valence-corrected chi connectivity index (χ4v) is 3.74. The lowest BCUT2D eigenvalue weighted by molar-refractivity contribution is -0.115. The molecule has 0 fully saturated rings. The van der Waals surface area contributed by atoms with Gasteiger partial charge in [-0.1, -0.05) is 36.4 Å². The van der Waals surface area contributed by atoms with E-state index in [2.05, 4.69) is 31.4 Å². The molecule has 0 bridgehead atoms. The van der Waals surface area contributed by atoms with E-state index in [0.717, 1.165) is 51.4 Å². The second-order valence-electron chi connectivity index (χ2n) is 7.88. The quantitative estimate of drug-likeness (QED) is 0.513. The van der Waals surface area contributed by atoms with Crippen molar-refractivity contribution in [1.82, 2.24) is 24.7 Å². The summed E-state index contributed by atoms with van der Waals surface area (Å²) in [5.74, 6) is 0.691. The highest BCUT2D eigenvalue weighted by Gasteiger charge is 2.10. The fraction of sp³-hybridized carbons (Fsp3) is 0.160. The van der Waals surface area contributed by atoms with E-state index in [0.29, 0.717) is 12.8 Å². The Morgan fingerprint density at radius 1 is 1.00 bits per heavy atom. The van der Waals surface area contributed by atoms with Gasteiger partial charge in [0.25, 0.3) is 0 Å².